The fraction of sp³-hybridized carbons (Fsp3) is 0. The molecule has 70 valence electrons. The number of para-hydroxylation sites is 1. The van der Waals surface area contributed by atoms with E-state index in [9.17, 15) is 4.79 Å². The average Bonchev–Trinajstić information content (AvgIpc) is 2.72. The van der Waals surface area contributed by atoms with Gasteiger partial charge in [-0.05, 0) is 28.5 Å². The Morgan fingerprint density at radius 1 is 1.21 bits per heavy atom. The van der Waals surface area contributed by atoms with Gasteiger partial charge in [-0.3, -0.25) is 4.79 Å². The Morgan fingerprint density at radius 2 is 2.07 bits per heavy atom. The van der Waals surface area contributed by atoms with Gasteiger partial charge in [0.05, 0.1) is 0 Å². The zero-order valence-corrected chi connectivity index (χ0v) is 8.25. The Bertz CT molecular complexity index is 423. The van der Waals surface area contributed by atoms with E-state index in [0.29, 0.717) is 6.41 Å². The zero-order chi connectivity index (χ0) is 9.80. The van der Waals surface area contributed by atoms with Crippen molar-refractivity contribution in [2.75, 3.05) is 5.32 Å². The second-order valence-corrected chi connectivity index (χ2v) is 3.60. The highest BCUT2D eigenvalue weighted by atomic mass is 32.1. The highest BCUT2D eigenvalue weighted by molar-refractivity contribution is 7.08. The van der Waals surface area contributed by atoms with E-state index in [4.69, 9.17) is 0 Å². The predicted octanol–water partition coefficient (Wildman–Crippen LogP) is 2.98. The summed E-state index contributed by atoms with van der Waals surface area (Å²) in [5, 5.41) is 6.77. The largest absolute Gasteiger partial charge is 0.328 e. The minimum Gasteiger partial charge on any atom is -0.328 e. The molecule has 0 atom stereocenters. The summed E-state index contributed by atoms with van der Waals surface area (Å²) in [6.45, 7) is 0. The molecular formula is C11H9NOS. The first kappa shape index (κ1) is 8.97. The van der Waals surface area contributed by atoms with Gasteiger partial charge in [0.1, 0.15) is 0 Å². The highest BCUT2D eigenvalue weighted by Gasteiger charge is 2.02. The topological polar surface area (TPSA) is 29.1 Å². The van der Waals surface area contributed by atoms with Crippen LogP contribution in [0.5, 0.6) is 0 Å². The standard InChI is InChI=1S/C11H9NOS/c13-8-12-11-4-2-1-3-10(11)9-5-6-14-7-9/h1-8H,(H,12,13). The van der Waals surface area contributed by atoms with E-state index in [1.165, 1.54) is 0 Å². The molecule has 0 aliphatic rings. The molecule has 0 saturated heterocycles. The quantitative estimate of drug-likeness (QED) is 0.763. The smallest absolute Gasteiger partial charge is 0.211 e. The van der Waals surface area contributed by atoms with Crippen LogP contribution in [-0.2, 0) is 4.79 Å². The molecule has 1 N–H and O–H groups in total. The van der Waals surface area contributed by atoms with Crippen LogP contribution in [0, 0.1) is 0 Å². The Hall–Kier alpha value is -1.61. The van der Waals surface area contributed by atoms with Crippen LogP contribution in [0.1, 0.15) is 0 Å². The van der Waals surface area contributed by atoms with E-state index < -0.39 is 0 Å². The van der Waals surface area contributed by atoms with Crippen molar-refractivity contribution in [3.8, 4) is 11.1 Å². The molecule has 0 aliphatic heterocycles. The third-order valence-electron chi connectivity index (χ3n) is 1.97. The molecule has 0 fully saturated rings. The predicted molar refractivity (Wildman–Crippen MR) is 59.4 cm³/mol. The van der Waals surface area contributed by atoms with Gasteiger partial charge in [-0.2, -0.15) is 11.3 Å². The summed E-state index contributed by atoms with van der Waals surface area (Å²) >= 11 is 1.65. The normalized spacial score (nSPS) is 9.71. The maximum absolute atomic E-state index is 10.4. The molecule has 1 aromatic carbocycles. The van der Waals surface area contributed by atoms with E-state index in [1.807, 2.05) is 35.7 Å². The van der Waals surface area contributed by atoms with Crippen molar-refractivity contribution in [2.24, 2.45) is 0 Å². The molecule has 0 unspecified atom stereocenters. The van der Waals surface area contributed by atoms with Gasteiger partial charge in [-0.15, -0.1) is 0 Å². The van der Waals surface area contributed by atoms with Gasteiger partial charge in [0.15, 0.2) is 0 Å². The zero-order valence-electron chi connectivity index (χ0n) is 7.44. The molecular weight excluding hydrogens is 194 g/mol. The average molecular weight is 203 g/mol. The van der Waals surface area contributed by atoms with Gasteiger partial charge in [0, 0.05) is 11.3 Å². The summed E-state index contributed by atoms with van der Waals surface area (Å²) in [7, 11) is 0. The number of nitrogens with one attached hydrogen (secondary N) is 1. The van der Waals surface area contributed by atoms with Crippen molar-refractivity contribution >= 4 is 23.4 Å². The van der Waals surface area contributed by atoms with E-state index in [2.05, 4.69) is 10.7 Å². The molecule has 1 aromatic heterocycles. The van der Waals surface area contributed by atoms with Gasteiger partial charge < -0.3 is 5.32 Å². The van der Waals surface area contributed by atoms with Gasteiger partial charge in [0.25, 0.3) is 0 Å². The van der Waals surface area contributed by atoms with Crippen LogP contribution in [0.25, 0.3) is 11.1 Å². The molecule has 1 amide bonds. The fourth-order valence-corrected chi connectivity index (χ4v) is 2.00. The number of hydrogen-bond donors (Lipinski definition) is 1. The molecule has 1 heterocycles. The number of carbonyl (C=O) groups is 1. The summed E-state index contributed by atoms with van der Waals surface area (Å²) < 4.78 is 0. The first-order valence-corrected chi connectivity index (χ1v) is 5.18. The third kappa shape index (κ3) is 1.67. The maximum Gasteiger partial charge on any atom is 0.211 e. The summed E-state index contributed by atoms with van der Waals surface area (Å²) in [6.07, 6.45) is 0.700. The first-order valence-electron chi connectivity index (χ1n) is 4.23. The van der Waals surface area contributed by atoms with Crippen molar-refractivity contribution in [2.45, 2.75) is 0 Å². The molecule has 0 saturated carbocycles. The second-order valence-electron chi connectivity index (χ2n) is 2.82. The van der Waals surface area contributed by atoms with Crippen LogP contribution in [0.15, 0.2) is 41.1 Å². The number of carbonyl (C=O) groups excluding carboxylic acids is 1. The second kappa shape index (κ2) is 4.07. The lowest BCUT2D eigenvalue weighted by molar-refractivity contribution is -0.105. The number of hydrogen-bond acceptors (Lipinski definition) is 2. The minimum absolute atomic E-state index is 0.700. The van der Waals surface area contributed by atoms with Crippen molar-refractivity contribution in [3.63, 3.8) is 0 Å². The molecule has 2 nitrogen and oxygen atoms in total. The van der Waals surface area contributed by atoms with Crippen LogP contribution in [0.4, 0.5) is 5.69 Å². The Balaban J connectivity index is 2.46. The lowest BCUT2D eigenvalue weighted by atomic mass is 10.1. The molecule has 0 bridgehead atoms. The third-order valence-corrected chi connectivity index (χ3v) is 2.66. The van der Waals surface area contributed by atoms with Crippen molar-refractivity contribution in [1.29, 1.82) is 0 Å². The monoisotopic (exact) mass is 203 g/mol. The number of benzene rings is 1. The number of anilines is 1. The number of rotatable bonds is 3. The lowest BCUT2D eigenvalue weighted by Gasteiger charge is -2.05. The van der Waals surface area contributed by atoms with Crippen LogP contribution >= 0.6 is 11.3 Å². The van der Waals surface area contributed by atoms with Gasteiger partial charge in [-0.1, -0.05) is 18.2 Å². The summed E-state index contributed by atoms with van der Waals surface area (Å²) in [6, 6.07) is 9.79. The number of amides is 1. The highest BCUT2D eigenvalue weighted by Crippen LogP contribution is 2.28. The summed E-state index contributed by atoms with van der Waals surface area (Å²) in [5.74, 6) is 0. The molecule has 2 aromatic rings. The molecule has 2 rings (SSSR count). The molecule has 0 aliphatic carbocycles. The molecule has 14 heavy (non-hydrogen) atoms. The first-order chi connectivity index (χ1) is 6.92. The van der Waals surface area contributed by atoms with E-state index in [0.717, 1.165) is 16.8 Å². The van der Waals surface area contributed by atoms with Crippen LogP contribution in [0.2, 0.25) is 0 Å². The summed E-state index contributed by atoms with van der Waals surface area (Å²) in [5.41, 5.74) is 3.04. The number of thiophene rings is 1. The van der Waals surface area contributed by atoms with E-state index in [-0.39, 0.29) is 0 Å². The van der Waals surface area contributed by atoms with Gasteiger partial charge >= 0.3 is 0 Å². The van der Waals surface area contributed by atoms with Crippen LogP contribution in [0.3, 0.4) is 0 Å². The van der Waals surface area contributed by atoms with E-state index in [1.54, 1.807) is 11.3 Å². The van der Waals surface area contributed by atoms with Crippen molar-refractivity contribution < 1.29 is 4.79 Å². The SMILES string of the molecule is O=CNc1ccccc1-c1ccsc1. The van der Waals surface area contributed by atoms with Crippen LogP contribution < -0.4 is 5.32 Å². The van der Waals surface area contributed by atoms with Gasteiger partial charge in [0.2, 0.25) is 6.41 Å². The van der Waals surface area contributed by atoms with Crippen molar-refractivity contribution in [3.05, 3.63) is 41.1 Å². The van der Waals surface area contributed by atoms with Crippen LogP contribution in [-0.4, -0.2) is 6.41 Å². The fourth-order valence-electron chi connectivity index (χ4n) is 1.34. The van der Waals surface area contributed by atoms with Gasteiger partial charge in [-0.25, -0.2) is 0 Å². The Morgan fingerprint density at radius 3 is 2.79 bits per heavy atom. The minimum atomic E-state index is 0.700. The van der Waals surface area contributed by atoms with E-state index >= 15 is 0 Å². The summed E-state index contributed by atoms with van der Waals surface area (Å²) in [4.78, 5) is 10.4. The molecule has 3 heteroatoms. The lowest BCUT2D eigenvalue weighted by Crippen LogP contribution is -1.95. The maximum atomic E-state index is 10.4. The Kier molecular flexibility index (Phi) is 2.60. The molecule has 0 spiro atoms. The Labute approximate surface area is 86.2 Å². The molecule has 0 radical (unpaired) electrons. The van der Waals surface area contributed by atoms with Crippen molar-refractivity contribution in [1.82, 2.24) is 0 Å².